The van der Waals surface area contributed by atoms with E-state index in [1.165, 1.54) is 19.3 Å². The Morgan fingerprint density at radius 1 is 1.27 bits per heavy atom. The molecule has 0 aromatic rings. The molecule has 1 aliphatic rings. The van der Waals surface area contributed by atoms with E-state index in [1.54, 1.807) is 0 Å². The van der Waals surface area contributed by atoms with Crippen LogP contribution in [0.25, 0.3) is 0 Å². The second kappa shape index (κ2) is 5.72. The Hall–Kier alpha value is 0.110. The van der Waals surface area contributed by atoms with Crippen LogP contribution in [0.3, 0.4) is 0 Å². The summed E-state index contributed by atoms with van der Waals surface area (Å²) in [6.07, 6.45) is 6.14. The van der Waals surface area contributed by atoms with Crippen molar-refractivity contribution in [3.8, 4) is 0 Å². The summed E-state index contributed by atoms with van der Waals surface area (Å²) in [5.41, 5.74) is 0. The Balaban J connectivity index is 0.000001000. The van der Waals surface area contributed by atoms with Gasteiger partial charge in [0, 0.05) is 0 Å². The predicted octanol–water partition coefficient (Wildman–Crippen LogP) is 2.42. The van der Waals surface area contributed by atoms with E-state index >= 15 is 0 Å². The first-order chi connectivity index (χ1) is 4.79. The molecule has 0 aliphatic heterocycles. The minimum atomic E-state index is -1.56. The average Bonchev–Trinajstić information content (AvgIpc) is 1.88. The van der Waals surface area contributed by atoms with Crippen molar-refractivity contribution in [2.24, 2.45) is 5.92 Å². The van der Waals surface area contributed by atoms with Gasteiger partial charge in [-0.3, -0.25) is 0 Å². The van der Waals surface area contributed by atoms with Gasteiger partial charge in [0.2, 0.25) is 0 Å². The quantitative estimate of drug-likeness (QED) is 0.659. The van der Waals surface area contributed by atoms with Crippen LogP contribution >= 0.6 is 0 Å². The number of hydrogen-bond acceptors (Lipinski definition) is 1. The van der Waals surface area contributed by atoms with Crippen molar-refractivity contribution >= 4 is 11.1 Å². The van der Waals surface area contributed by atoms with Gasteiger partial charge < -0.3 is 4.55 Å². The second-order valence-corrected chi connectivity index (χ2v) is 3.97. The first-order valence-corrected chi connectivity index (χ1v) is 5.14. The smallest absolute Gasteiger partial charge is 0.153 e. The lowest BCUT2D eigenvalue weighted by Crippen LogP contribution is -2.13. The van der Waals surface area contributed by atoms with E-state index in [1.807, 2.05) is 0 Å². The van der Waals surface area contributed by atoms with Gasteiger partial charge >= 0.3 is 0 Å². The summed E-state index contributed by atoms with van der Waals surface area (Å²) in [6, 6.07) is 0. The highest BCUT2D eigenvalue weighted by atomic mass is 32.2. The fraction of sp³-hybridized carbons (Fsp3) is 1.00. The summed E-state index contributed by atoms with van der Waals surface area (Å²) >= 11 is -1.56. The molecule has 0 aromatic heterocycles. The number of rotatable bonds is 2. The average molecular weight is 178 g/mol. The third-order valence-electron chi connectivity index (χ3n) is 2.10. The zero-order chi connectivity index (χ0) is 7.40. The van der Waals surface area contributed by atoms with Crippen LogP contribution in [0.2, 0.25) is 0 Å². The summed E-state index contributed by atoms with van der Waals surface area (Å²) in [5, 5.41) is 0. The third-order valence-corrected chi connectivity index (χ3v) is 2.86. The van der Waals surface area contributed by atoms with Gasteiger partial charge in [-0.15, -0.1) is 0 Å². The second-order valence-electron chi connectivity index (χ2n) is 2.99. The van der Waals surface area contributed by atoms with Crippen LogP contribution in [0.4, 0.5) is 0 Å². The third kappa shape index (κ3) is 4.53. The minimum absolute atomic E-state index is 0. The molecule has 1 N–H and O–H groups in total. The SMILES string of the molecule is C.O=S(O)CC1CCCCC1. The summed E-state index contributed by atoms with van der Waals surface area (Å²) < 4.78 is 19.0. The molecule has 11 heavy (non-hydrogen) atoms. The molecule has 0 radical (unpaired) electrons. The first-order valence-electron chi connectivity index (χ1n) is 3.86. The molecular formula is C8H18O2S. The highest BCUT2D eigenvalue weighted by Crippen LogP contribution is 2.23. The topological polar surface area (TPSA) is 37.3 Å². The Kier molecular flexibility index (Phi) is 5.78. The van der Waals surface area contributed by atoms with Crippen LogP contribution in [-0.2, 0) is 11.1 Å². The van der Waals surface area contributed by atoms with E-state index in [0.29, 0.717) is 11.7 Å². The Morgan fingerprint density at radius 2 is 1.82 bits per heavy atom. The minimum Gasteiger partial charge on any atom is -0.306 e. The van der Waals surface area contributed by atoms with E-state index in [2.05, 4.69) is 0 Å². The van der Waals surface area contributed by atoms with Crippen LogP contribution in [0.1, 0.15) is 39.5 Å². The van der Waals surface area contributed by atoms with E-state index in [-0.39, 0.29) is 7.43 Å². The van der Waals surface area contributed by atoms with Crippen LogP contribution in [0.5, 0.6) is 0 Å². The van der Waals surface area contributed by atoms with E-state index in [4.69, 9.17) is 4.55 Å². The summed E-state index contributed by atoms with van der Waals surface area (Å²) in [6.45, 7) is 0. The standard InChI is InChI=1S/C7H14O2S.CH4/c8-10(9)6-7-4-2-1-3-5-7;/h7H,1-6H2,(H,8,9);1H4. The predicted molar refractivity (Wildman–Crippen MR) is 48.9 cm³/mol. The normalized spacial score (nSPS) is 22.3. The van der Waals surface area contributed by atoms with Gasteiger partial charge in [0.15, 0.2) is 11.1 Å². The molecule has 0 saturated heterocycles. The van der Waals surface area contributed by atoms with Crippen molar-refractivity contribution in [1.82, 2.24) is 0 Å². The molecule has 0 heterocycles. The molecule has 0 spiro atoms. The lowest BCUT2D eigenvalue weighted by Gasteiger charge is -2.19. The molecule has 2 nitrogen and oxygen atoms in total. The maximum Gasteiger partial charge on any atom is 0.153 e. The molecule has 1 unspecified atom stereocenters. The van der Waals surface area contributed by atoms with Gasteiger partial charge in [-0.05, 0) is 18.8 Å². The fourth-order valence-corrected chi connectivity index (χ4v) is 2.29. The molecule has 68 valence electrons. The highest BCUT2D eigenvalue weighted by Gasteiger charge is 2.14. The van der Waals surface area contributed by atoms with Crippen LogP contribution < -0.4 is 0 Å². The zero-order valence-corrected chi connectivity index (χ0v) is 6.90. The summed E-state index contributed by atoms with van der Waals surface area (Å²) in [5.74, 6) is 1.03. The lowest BCUT2D eigenvalue weighted by molar-refractivity contribution is 0.383. The van der Waals surface area contributed by atoms with Crippen molar-refractivity contribution in [1.29, 1.82) is 0 Å². The van der Waals surface area contributed by atoms with Crippen molar-refractivity contribution in [3.05, 3.63) is 0 Å². The lowest BCUT2D eigenvalue weighted by atomic mass is 9.91. The molecule has 1 atom stereocenters. The Labute approximate surface area is 71.7 Å². The van der Waals surface area contributed by atoms with Crippen LogP contribution in [0, 0.1) is 5.92 Å². The molecule has 3 heteroatoms. The van der Waals surface area contributed by atoms with Crippen molar-refractivity contribution in [3.63, 3.8) is 0 Å². The first kappa shape index (κ1) is 11.1. The van der Waals surface area contributed by atoms with Crippen molar-refractivity contribution in [2.45, 2.75) is 39.5 Å². The molecule has 0 amide bonds. The van der Waals surface area contributed by atoms with Gasteiger partial charge in [-0.1, -0.05) is 26.7 Å². The number of hydrogen-bond donors (Lipinski definition) is 1. The summed E-state index contributed by atoms with van der Waals surface area (Å²) in [7, 11) is 0. The fourth-order valence-electron chi connectivity index (χ4n) is 1.56. The van der Waals surface area contributed by atoms with Gasteiger partial charge in [0.05, 0.1) is 5.75 Å². The van der Waals surface area contributed by atoms with Crippen molar-refractivity contribution < 1.29 is 8.76 Å². The van der Waals surface area contributed by atoms with E-state index in [0.717, 1.165) is 12.8 Å². The van der Waals surface area contributed by atoms with E-state index < -0.39 is 11.1 Å². The van der Waals surface area contributed by atoms with Gasteiger partial charge in [0.1, 0.15) is 0 Å². The van der Waals surface area contributed by atoms with Gasteiger partial charge in [-0.2, -0.15) is 0 Å². The Bertz CT molecular complexity index is 119. The Morgan fingerprint density at radius 3 is 2.27 bits per heavy atom. The molecule has 0 bridgehead atoms. The largest absolute Gasteiger partial charge is 0.306 e. The summed E-state index contributed by atoms with van der Waals surface area (Å²) in [4.78, 5) is 0. The molecule has 0 aromatic carbocycles. The van der Waals surface area contributed by atoms with Crippen LogP contribution in [-0.4, -0.2) is 14.5 Å². The maximum atomic E-state index is 10.4. The monoisotopic (exact) mass is 178 g/mol. The maximum absolute atomic E-state index is 10.4. The zero-order valence-electron chi connectivity index (χ0n) is 6.08. The molecule has 1 fully saturated rings. The van der Waals surface area contributed by atoms with E-state index in [9.17, 15) is 4.21 Å². The van der Waals surface area contributed by atoms with Gasteiger partial charge in [0.25, 0.3) is 0 Å². The molecular weight excluding hydrogens is 160 g/mol. The van der Waals surface area contributed by atoms with Crippen molar-refractivity contribution in [2.75, 3.05) is 5.75 Å². The van der Waals surface area contributed by atoms with Crippen LogP contribution in [0.15, 0.2) is 0 Å². The molecule has 1 saturated carbocycles. The molecule has 1 aliphatic carbocycles. The highest BCUT2D eigenvalue weighted by molar-refractivity contribution is 7.79. The molecule has 1 rings (SSSR count). The van der Waals surface area contributed by atoms with Gasteiger partial charge in [-0.25, -0.2) is 4.21 Å².